The summed E-state index contributed by atoms with van der Waals surface area (Å²) in [4.78, 5) is 10.6. The largest absolute Gasteiger partial charge is 0.497 e. The maximum Gasteiger partial charge on any atom is 0.312 e. The summed E-state index contributed by atoms with van der Waals surface area (Å²) in [5.41, 5.74) is 6.52. The van der Waals surface area contributed by atoms with Crippen LogP contribution in [0, 0.1) is 0 Å². The molecule has 0 aliphatic rings. The van der Waals surface area contributed by atoms with E-state index >= 15 is 0 Å². The monoisotopic (exact) mass is 402 g/mol. The van der Waals surface area contributed by atoms with E-state index in [4.69, 9.17) is 15.2 Å². The fourth-order valence-electron chi connectivity index (χ4n) is 2.70. The molecule has 0 unspecified atom stereocenters. The van der Waals surface area contributed by atoms with Crippen LogP contribution in [0.4, 0.5) is 13.6 Å². The third kappa shape index (κ3) is 5.01. The molecule has 2 amide bonds. The number of hydrogen-bond donors (Lipinski definition) is 2. The molecule has 1 heterocycles. The highest BCUT2D eigenvalue weighted by Gasteiger charge is 2.18. The number of urea groups is 1. The van der Waals surface area contributed by atoms with Crippen molar-refractivity contribution in [3.8, 4) is 28.4 Å². The van der Waals surface area contributed by atoms with Crippen molar-refractivity contribution in [1.82, 2.24) is 15.1 Å². The normalized spacial score (nSPS) is 10.8. The number of nitrogens with two attached hydrogens (primary N) is 1. The zero-order valence-electron chi connectivity index (χ0n) is 15.6. The van der Waals surface area contributed by atoms with Gasteiger partial charge in [-0.3, -0.25) is 0 Å². The van der Waals surface area contributed by atoms with E-state index in [-0.39, 0.29) is 18.8 Å². The average molecular weight is 402 g/mol. The lowest BCUT2D eigenvalue weighted by Crippen LogP contribution is -2.32. The van der Waals surface area contributed by atoms with Crippen LogP contribution in [0.1, 0.15) is 12.1 Å². The number of rotatable bonds is 8. The number of methoxy groups -OCH3 is 1. The van der Waals surface area contributed by atoms with E-state index in [1.54, 1.807) is 55.6 Å². The molecule has 0 aliphatic carbocycles. The number of carbonyl (C=O) groups is 1. The molecule has 0 saturated carbocycles. The van der Waals surface area contributed by atoms with Crippen LogP contribution >= 0.6 is 0 Å². The summed E-state index contributed by atoms with van der Waals surface area (Å²) < 4.78 is 38.6. The second-order valence-electron chi connectivity index (χ2n) is 6.03. The number of hydrogen-bond acceptors (Lipinski definition) is 4. The summed E-state index contributed by atoms with van der Waals surface area (Å²) in [6.07, 6.45) is -2.69. The summed E-state index contributed by atoms with van der Waals surface area (Å²) in [6.45, 7) is 0.528. The van der Waals surface area contributed by atoms with Crippen molar-refractivity contribution < 1.29 is 23.0 Å². The zero-order chi connectivity index (χ0) is 20.8. The van der Waals surface area contributed by atoms with Crippen LogP contribution in [-0.4, -0.2) is 36.1 Å². The molecule has 0 saturated heterocycles. The Bertz CT molecular complexity index is 957. The Hall–Kier alpha value is -3.62. The van der Waals surface area contributed by atoms with Crippen molar-refractivity contribution in [3.63, 3.8) is 0 Å². The number of aromatic nitrogens is 2. The quantitative estimate of drug-likeness (QED) is 0.564. The van der Waals surface area contributed by atoms with Gasteiger partial charge in [-0.05, 0) is 54.6 Å². The Morgan fingerprint density at radius 3 is 2.38 bits per heavy atom. The van der Waals surface area contributed by atoms with Gasteiger partial charge in [-0.1, -0.05) is 0 Å². The standard InChI is InChI=1S/C20H20F2N4O3/c1-28-15-8-4-14(5-9-15)26-18(12-17(25-26)19(21)22)13-2-6-16(7-3-13)29-11-10-24-20(23)27/h2-9,12,19H,10-11H2,1H3,(H3,23,24,27). The molecule has 0 atom stereocenters. The first-order valence-electron chi connectivity index (χ1n) is 8.77. The maximum atomic E-state index is 13.2. The Kier molecular flexibility index (Phi) is 6.28. The third-order valence-electron chi connectivity index (χ3n) is 4.09. The van der Waals surface area contributed by atoms with Crippen LogP contribution < -0.4 is 20.5 Å². The number of benzene rings is 2. The second-order valence-corrected chi connectivity index (χ2v) is 6.03. The Morgan fingerprint density at radius 1 is 1.14 bits per heavy atom. The van der Waals surface area contributed by atoms with E-state index in [1.807, 2.05) is 0 Å². The Balaban J connectivity index is 1.84. The number of amides is 2. The minimum absolute atomic E-state index is 0.252. The summed E-state index contributed by atoms with van der Waals surface area (Å²) in [7, 11) is 1.55. The highest BCUT2D eigenvalue weighted by molar-refractivity contribution is 5.71. The fraction of sp³-hybridized carbons (Fsp3) is 0.200. The first kappa shape index (κ1) is 20.1. The molecule has 0 aliphatic heterocycles. The summed E-state index contributed by atoms with van der Waals surface area (Å²) in [5.74, 6) is 1.23. The fourth-order valence-corrected chi connectivity index (χ4v) is 2.70. The number of alkyl halides is 2. The van der Waals surface area contributed by atoms with Gasteiger partial charge in [-0.25, -0.2) is 18.3 Å². The second kappa shape index (κ2) is 9.05. The van der Waals surface area contributed by atoms with E-state index in [9.17, 15) is 13.6 Å². The zero-order valence-corrected chi connectivity index (χ0v) is 15.6. The molecule has 2 aromatic carbocycles. The number of ether oxygens (including phenoxy) is 2. The number of carbonyl (C=O) groups excluding carboxylic acids is 1. The van der Waals surface area contributed by atoms with Crippen LogP contribution in [-0.2, 0) is 0 Å². The van der Waals surface area contributed by atoms with Gasteiger partial charge in [0.05, 0.1) is 25.0 Å². The van der Waals surface area contributed by atoms with Gasteiger partial charge in [0.25, 0.3) is 6.43 Å². The van der Waals surface area contributed by atoms with Crippen LogP contribution in [0.15, 0.2) is 54.6 Å². The van der Waals surface area contributed by atoms with Gasteiger partial charge in [0.2, 0.25) is 0 Å². The predicted octanol–water partition coefficient (Wildman–Crippen LogP) is 3.53. The molecule has 9 heteroatoms. The van der Waals surface area contributed by atoms with E-state index < -0.39 is 12.5 Å². The molecule has 0 fully saturated rings. The van der Waals surface area contributed by atoms with E-state index in [1.165, 1.54) is 10.7 Å². The SMILES string of the molecule is COc1ccc(-n2nc(C(F)F)cc2-c2ccc(OCCNC(N)=O)cc2)cc1. The molecule has 0 bridgehead atoms. The lowest BCUT2D eigenvalue weighted by Gasteiger charge is -2.10. The van der Waals surface area contributed by atoms with E-state index in [2.05, 4.69) is 10.4 Å². The molecule has 3 rings (SSSR count). The first-order chi connectivity index (χ1) is 14.0. The van der Waals surface area contributed by atoms with Crippen LogP contribution in [0.5, 0.6) is 11.5 Å². The van der Waals surface area contributed by atoms with Crippen molar-refractivity contribution in [2.75, 3.05) is 20.3 Å². The average Bonchev–Trinajstić information content (AvgIpc) is 3.17. The summed E-state index contributed by atoms with van der Waals surface area (Å²) >= 11 is 0. The molecule has 1 aromatic heterocycles. The van der Waals surface area contributed by atoms with E-state index in [0.717, 1.165) is 0 Å². The van der Waals surface area contributed by atoms with Gasteiger partial charge < -0.3 is 20.5 Å². The predicted molar refractivity (Wildman–Crippen MR) is 104 cm³/mol. The Labute approximate surface area is 166 Å². The van der Waals surface area contributed by atoms with Gasteiger partial charge in [-0.15, -0.1) is 0 Å². The summed E-state index contributed by atoms with van der Waals surface area (Å²) in [6, 6.07) is 14.6. The molecule has 3 N–H and O–H groups in total. The van der Waals surface area contributed by atoms with Gasteiger partial charge in [0, 0.05) is 5.56 Å². The highest BCUT2D eigenvalue weighted by atomic mass is 19.3. The molecule has 7 nitrogen and oxygen atoms in total. The van der Waals surface area contributed by atoms with Crippen LogP contribution in [0.3, 0.4) is 0 Å². The van der Waals surface area contributed by atoms with E-state index in [0.29, 0.717) is 28.4 Å². The first-order valence-corrected chi connectivity index (χ1v) is 8.77. The van der Waals surface area contributed by atoms with Gasteiger partial charge >= 0.3 is 6.03 Å². The van der Waals surface area contributed by atoms with Gasteiger partial charge in [0.1, 0.15) is 23.8 Å². The number of nitrogens with zero attached hydrogens (tertiary/aromatic N) is 2. The highest BCUT2D eigenvalue weighted by Crippen LogP contribution is 2.30. The number of halogens is 2. The molecular formula is C20H20F2N4O3. The molecular weight excluding hydrogens is 382 g/mol. The maximum absolute atomic E-state index is 13.2. The molecule has 0 radical (unpaired) electrons. The minimum atomic E-state index is -2.69. The van der Waals surface area contributed by atoms with Crippen molar-refractivity contribution in [1.29, 1.82) is 0 Å². The Morgan fingerprint density at radius 2 is 1.79 bits per heavy atom. The lowest BCUT2D eigenvalue weighted by molar-refractivity contribution is 0.145. The molecule has 29 heavy (non-hydrogen) atoms. The van der Waals surface area contributed by atoms with Crippen molar-refractivity contribution in [3.05, 3.63) is 60.3 Å². The molecule has 0 spiro atoms. The van der Waals surface area contributed by atoms with Crippen LogP contribution in [0.2, 0.25) is 0 Å². The van der Waals surface area contributed by atoms with Gasteiger partial charge in [0.15, 0.2) is 0 Å². The minimum Gasteiger partial charge on any atom is -0.497 e. The molecule has 152 valence electrons. The lowest BCUT2D eigenvalue weighted by atomic mass is 10.1. The topological polar surface area (TPSA) is 91.4 Å². The van der Waals surface area contributed by atoms with Crippen molar-refractivity contribution in [2.45, 2.75) is 6.43 Å². The summed E-state index contributed by atoms with van der Waals surface area (Å²) in [5, 5.41) is 6.48. The number of nitrogens with one attached hydrogen (secondary N) is 1. The van der Waals surface area contributed by atoms with Crippen molar-refractivity contribution in [2.24, 2.45) is 5.73 Å². The molecule has 3 aromatic rings. The van der Waals surface area contributed by atoms with Crippen molar-refractivity contribution >= 4 is 6.03 Å². The van der Waals surface area contributed by atoms with Gasteiger partial charge in [-0.2, -0.15) is 5.10 Å². The van der Waals surface area contributed by atoms with Crippen LogP contribution in [0.25, 0.3) is 16.9 Å². The smallest absolute Gasteiger partial charge is 0.312 e. The number of primary amides is 1. The third-order valence-corrected chi connectivity index (χ3v) is 4.09.